The Morgan fingerprint density at radius 3 is 2.50 bits per heavy atom. The van der Waals surface area contributed by atoms with E-state index in [1.54, 1.807) is 11.3 Å². The lowest BCUT2D eigenvalue weighted by Gasteiger charge is -2.26. The Labute approximate surface area is 124 Å². The van der Waals surface area contributed by atoms with Crippen LogP contribution in [-0.2, 0) is 0 Å². The Balaban J connectivity index is 1.87. The molecular weight excluding hydrogens is 266 g/mol. The molecule has 2 aromatic rings. The van der Waals surface area contributed by atoms with E-state index in [-0.39, 0.29) is 5.91 Å². The standard InChI is InChI=1S/C17H19NOS/c1-13-15(17(19)18-10-6-3-7-11-18)12-16(20-13)14-8-4-2-5-9-14/h2,4-5,8-9,12H,3,6-7,10-11H2,1H3. The molecule has 3 rings (SSSR count). The molecule has 0 N–H and O–H groups in total. The largest absolute Gasteiger partial charge is 0.339 e. The molecule has 3 heteroatoms. The number of carbonyl (C=O) groups excluding carboxylic acids is 1. The Hall–Kier alpha value is -1.61. The highest BCUT2D eigenvalue weighted by molar-refractivity contribution is 7.15. The summed E-state index contributed by atoms with van der Waals surface area (Å²) in [4.78, 5) is 16.9. The summed E-state index contributed by atoms with van der Waals surface area (Å²) in [6.45, 7) is 3.87. The van der Waals surface area contributed by atoms with Crippen LogP contribution in [0.4, 0.5) is 0 Å². The van der Waals surface area contributed by atoms with Crippen LogP contribution in [0.5, 0.6) is 0 Å². The molecule has 1 amide bonds. The van der Waals surface area contributed by atoms with Gasteiger partial charge in [-0.3, -0.25) is 4.79 Å². The maximum Gasteiger partial charge on any atom is 0.254 e. The average Bonchev–Trinajstić information content (AvgIpc) is 2.90. The summed E-state index contributed by atoms with van der Waals surface area (Å²) in [6.07, 6.45) is 3.53. The SMILES string of the molecule is Cc1sc(-c2ccccc2)cc1C(=O)N1CCCCC1. The summed E-state index contributed by atoms with van der Waals surface area (Å²) in [7, 11) is 0. The van der Waals surface area contributed by atoms with Crippen molar-refractivity contribution in [3.63, 3.8) is 0 Å². The van der Waals surface area contributed by atoms with E-state index >= 15 is 0 Å². The van der Waals surface area contributed by atoms with Crippen molar-refractivity contribution < 1.29 is 4.79 Å². The number of likely N-dealkylation sites (tertiary alicyclic amines) is 1. The number of rotatable bonds is 2. The molecule has 1 aromatic heterocycles. The number of carbonyl (C=O) groups is 1. The van der Waals surface area contributed by atoms with Crippen LogP contribution in [0.2, 0.25) is 0 Å². The third-order valence-corrected chi connectivity index (χ3v) is 4.95. The molecular formula is C17H19NOS. The van der Waals surface area contributed by atoms with Gasteiger partial charge in [0.25, 0.3) is 5.91 Å². The van der Waals surface area contributed by atoms with Crippen molar-refractivity contribution in [2.24, 2.45) is 0 Å². The van der Waals surface area contributed by atoms with Crippen molar-refractivity contribution >= 4 is 17.2 Å². The van der Waals surface area contributed by atoms with Gasteiger partial charge in [-0.15, -0.1) is 11.3 Å². The quantitative estimate of drug-likeness (QED) is 0.803. The number of hydrogen-bond donors (Lipinski definition) is 0. The minimum Gasteiger partial charge on any atom is -0.339 e. The van der Waals surface area contributed by atoms with Crippen molar-refractivity contribution in [1.29, 1.82) is 0 Å². The first-order valence-electron chi connectivity index (χ1n) is 7.21. The zero-order chi connectivity index (χ0) is 13.9. The van der Waals surface area contributed by atoms with Gasteiger partial charge in [-0.05, 0) is 37.8 Å². The molecule has 0 unspecified atom stereocenters. The van der Waals surface area contributed by atoms with Gasteiger partial charge in [-0.25, -0.2) is 0 Å². The Kier molecular flexibility index (Phi) is 3.88. The maximum atomic E-state index is 12.6. The predicted molar refractivity (Wildman–Crippen MR) is 84.2 cm³/mol. The highest BCUT2D eigenvalue weighted by Crippen LogP contribution is 2.32. The minimum atomic E-state index is 0.209. The van der Waals surface area contributed by atoms with E-state index < -0.39 is 0 Å². The summed E-state index contributed by atoms with van der Waals surface area (Å²) < 4.78 is 0. The number of nitrogens with zero attached hydrogens (tertiary/aromatic N) is 1. The third kappa shape index (κ3) is 2.63. The molecule has 0 aliphatic carbocycles. The fourth-order valence-corrected chi connectivity index (χ4v) is 3.72. The minimum absolute atomic E-state index is 0.209. The fourth-order valence-electron chi connectivity index (χ4n) is 2.71. The Morgan fingerprint density at radius 1 is 1.10 bits per heavy atom. The molecule has 2 nitrogen and oxygen atoms in total. The van der Waals surface area contributed by atoms with E-state index in [1.807, 2.05) is 30.0 Å². The number of amides is 1. The second-order valence-corrected chi connectivity index (χ2v) is 6.56. The summed E-state index contributed by atoms with van der Waals surface area (Å²) in [5.41, 5.74) is 2.08. The molecule has 1 aliphatic heterocycles. The number of piperidine rings is 1. The van der Waals surface area contributed by atoms with Gasteiger partial charge >= 0.3 is 0 Å². The monoisotopic (exact) mass is 285 g/mol. The highest BCUT2D eigenvalue weighted by Gasteiger charge is 2.21. The first-order valence-corrected chi connectivity index (χ1v) is 8.02. The summed E-state index contributed by atoms with van der Waals surface area (Å²) >= 11 is 1.71. The van der Waals surface area contributed by atoms with Crippen molar-refractivity contribution in [2.75, 3.05) is 13.1 Å². The molecule has 104 valence electrons. The third-order valence-electron chi connectivity index (χ3n) is 3.85. The van der Waals surface area contributed by atoms with Crippen LogP contribution in [0.15, 0.2) is 36.4 Å². The van der Waals surface area contributed by atoms with Crippen LogP contribution in [0.3, 0.4) is 0 Å². The molecule has 0 bridgehead atoms. The topological polar surface area (TPSA) is 20.3 Å². The smallest absolute Gasteiger partial charge is 0.254 e. The van der Waals surface area contributed by atoms with Crippen molar-refractivity contribution in [2.45, 2.75) is 26.2 Å². The zero-order valence-corrected chi connectivity index (χ0v) is 12.6. The van der Waals surface area contributed by atoms with E-state index in [9.17, 15) is 4.79 Å². The van der Waals surface area contributed by atoms with Crippen LogP contribution in [0, 0.1) is 6.92 Å². The van der Waals surface area contributed by atoms with Crippen LogP contribution >= 0.6 is 11.3 Å². The van der Waals surface area contributed by atoms with Gasteiger partial charge in [-0.2, -0.15) is 0 Å². The predicted octanol–water partition coefficient (Wildman–Crippen LogP) is 4.35. The van der Waals surface area contributed by atoms with Gasteiger partial charge in [0.1, 0.15) is 0 Å². The molecule has 2 heterocycles. The van der Waals surface area contributed by atoms with Gasteiger partial charge in [0.15, 0.2) is 0 Å². The van der Waals surface area contributed by atoms with Crippen LogP contribution in [0.25, 0.3) is 10.4 Å². The molecule has 0 spiro atoms. The molecule has 1 fully saturated rings. The lowest BCUT2D eigenvalue weighted by molar-refractivity contribution is 0.0724. The molecule has 1 aromatic carbocycles. The fraction of sp³-hybridized carbons (Fsp3) is 0.353. The number of aryl methyl sites for hydroxylation is 1. The lowest BCUT2D eigenvalue weighted by atomic mass is 10.1. The van der Waals surface area contributed by atoms with E-state index in [2.05, 4.69) is 18.2 Å². The van der Waals surface area contributed by atoms with E-state index in [0.717, 1.165) is 36.4 Å². The maximum absolute atomic E-state index is 12.6. The first-order chi connectivity index (χ1) is 9.75. The Bertz CT molecular complexity index is 597. The lowest BCUT2D eigenvalue weighted by Crippen LogP contribution is -2.35. The summed E-state index contributed by atoms with van der Waals surface area (Å²) in [6, 6.07) is 12.4. The normalized spacial score (nSPS) is 15.3. The zero-order valence-electron chi connectivity index (χ0n) is 11.8. The van der Waals surface area contributed by atoms with Crippen molar-refractivity contribution in [1.82, 2.24) is 4.90 Å². The van der Waals surface area contributed by atoms with Gasteiger partial charge in [0.2, 0.25) is 0 Å². The van der Waals surface area contributed by atoms with Crippen LogP contribution < -0.4 is 0 Å². The van der Waals surface area contributed by atoms with Crippen LogP contribution in [0.1, 0.15) is 34.5 Å². The van der Waals surface area contributed by atoms with Gasteiger partial charge in [0.05, 0.1) is 5.56 Å². The van der Waals surface area contributed by atoms with E-state index in [0.29, 0.717) is 0 Å². The summed E-state index contributed by atoms with van der Waals surface area (Å²) in [5.74, 6) is 0.209. The van der Waals surface area contributed by atoms with Crippen molar-refractivity contribution in [3.8, 4) is 10.4 Å². The molecule has 1 saturated heterocycles. The Morgan fingerprint density at radius 2 is 1.80 bits per heavy atom. The van der Waals surface area contributed by atoms with E-state index in [1.165, 1.54) is 16.9 Å². The molecule has 0 saturated carbocycles. The molecule has 20 heavy (non-hydrogen) atoms. The first kappa shape index (κ1) is 13.4. The highest BCUT2D eigenvalue weighted by atomic mass is 32.1. The van der Waals surface area contributed by atoms with Crippen molar-refractivity contribution in [3.05, 3.63) is 46.8 Å². The summed E-state index contributed by atoms with van der Waals surface area (Å²) in [5, 5.41) is 0. The molecule has 1 aliphatic rings. The van der Waals surface area contributed by atoms with Gasteiger partial charge in [-0.1, -0.05) is 30.3 Å². The molecule has 0 radical (unpaired) electrons. The van der Waals surface area contributed by atoms with Gasteiger partial charge < -0.3 is 4.90 Å². The second-order valence-electron chi connectivity index (χ2n) is 5.30. The second kappa shape index (κ2) is 5.80. The number of hydrogen-bond acceptors (Lipinski definition) is 2. The number of benzene rings is 1. The average molecular weight is 285 g/mol. The van der Waals surface area contributed by atoms with E-state index in [4.69, 9.17) is 0 Å². The van der Waals surface area contributed by atoms with Gasteiger partial charge in [0, 0.05) is 22.8 Å². The molecule has 0 atom stereocenters. The number of thiophene rings is 1. The van der Waals surface area contributed by atoms with Crippen LogP contribution in [-0.4, -0.2) is 23.9 Å².